The van der Waals surface area contributed by atoms with Crippen LogP contribution in [0.5, 0.6) is 5.75 Å². The third kappa shape index (κ3) is 2.80. The molecule has 6 heteroatoms. The van der Waals surface area contributed by atoms with Gasteiger partial charge in [0.15, 0.2) is 0 Å². The molecule has 0 radical (unpaired) electrons. The fourth-order valence-electron chi connectivity index (χ4n) is 2.30. The number of hydrogen-bond donors (Lipinski definition) is 0. The fourth-order valence-corrected chi connectivity index (χ4v) is 2.66. The van der Waals surface area contributed by atoms with Crippen LogP contribution in [0.15, 0.2) is 47.5 Å². The zero-order valence-corrected chi connectivity index (χ0v) is 13.2. The number of benzene rings is 2. The zero-order valence-electron chi connectivity index (χ0n) is 11.7. The van der Waals surface area contributed by atoms with Gasteiger partial charge in [-0.1, -0.05) is 23.2 Å². The first-order valence-corrected chi connectivity index (χ1v) is 7.31. The molecule has 0 aliphatic heterocycles. The van der Waals surface area contributed by atoms with Crippen LogP contribution >= 0.6 is 23.2 Å². The summed E-state index contributed by atoms with van der Waals surface area (Å²) in [6.45, 7) is 0.317. The molecular weight excluding hydrogens is 323 g/mol. The molecule has 0 spiro atoms. The first kappa shape index (κ1) is 14.9. The van der Waals surface area contributed by atoms with E-state index in [0.717, 1.165) is 5.56 Å². The van der Waals surface area contributed by atoms with Gasteiger partial charge in [-0.2, -0.15) is 0 Å². The quantitative estimate of drug-likeness (QED) is 0.732. The number of ether oxygens (including phenoxy) is 1. The molecule has 0 aliphatic rings. The molecule has 0 saturated carbocycles. The lowest BCUT2D eigenvalue weighted by atomic mass is 10.2. The molecule has 4 nitrogen and oxygen atoms in total. The predicted octanol–water partition coefficient (Wildman–Crippen LogP) is 3.76. The van der Waals surface area contributed by atoms with E-state index < -0.39 is 0 Å². The third-order valence-electron chi connectivity index (χ3n) is 3.37. The molecule has 0 amide bonds. The summed E-state index contributed by atoms with van der Waals surface area (Å²) in [4.78, 5) is 16.8. The number of nitrogens with zero attached hydrogens (tertiary/aromatic N) is 2. The monoisotopic (exact) mass is 334 g/mol. The minimum Gasteiger partial charge on any atom is -0.496 e. The molecule has 1 aromatic heterocycles. The Bertz CT molecular complexity index is 906. The maximum Gasteiger partial charge on any atom is 0.261 e. The standard InChI is InChI=1S/C16H12Cl2N2O2/c1-22-15-5-3-11(17)6-10(15)8-20-9-19-14-4-2-12(18)7-13(14)16(20)21/h2-7,9H,8H2,1H3. The van der Waals surface area contributed by atoms with E-state index in [4.69, 9.17) is 27.9 Å². The smallest absolute Gasteiger partial charge is 0.261 e. The molecule has 0 fully saturated rings. The number of methoxy groups -OCH3 is 1. The van der Waals surface area contributed by atoms with Gasteiger partial charge in [-0.3, -0.25) is 9.36 Å². The Morgan fingerprint density at radius 2 is 1.86 bits per heavy atom. The Morgan fingerprint density at radius 1 is 1.14 bits per heavy atom. The van der Waals surface area contributed by atoms with Crippen LogP contribution in [0.1, 0.15) is 5.56 Å². The van der Waals surface area contributed by atoms with E-state index in [1.54, 1.807) is 43.5 Å². The highest BCUT2D eigenvalue weighted by molar-refractivity contribution is 6.31. The molecule has 1 heterocycles. The summed E-state index contributed by atoms with van der Waals surface area (Å²) < 4.78 is 6.81. The van der Waals surface area contributed by atoms with E-state index in [-0.39, 0.29) is 5.56 Å². The second-order valence-electron chi connectivity index (χ2n) is 4.80. The maximum atomic E-state index is 12.6. The van der Waals surface area contributed by atoms with Gasteiger partial charge >= 0.3 is 0 Å². The van der Waals surface area contributed by atoms with Crippen molar-refractivity contribution in [2.75, 3.05) is 7.11 Å². The largest absolute Gasteiger partial charge is 0.496 e. The van der Waals surface area contributed by atoms with E-state index in [1.807, 2.05) is 0 Å². The molecular formula is C16H12Cl2N2O2. The summed E-state index contributed by atoms with van der Waals surface area (Å²) in [6.07, 6.45) is 1.51. The number of hydrogen-bond acceptors (Lipinski definition) is 3. The van der Waals surface area contributed by atoms with Gasteiger partial charge < -0.3 is 4.74 Å². The molecule has 0 bridgehead atoms. The summed E-state index contributed by atoms with van der Waals surface area (Å²) in [6, 6.07) is 10.3. The maximum absolute atomic E-state index is 12.6. The van der Waals surface area contributed by atoms with Gasteiger partial charge in [0.25, 0.3) is 5.56 Å². The average molecular weight is 335 g/mol. The predicted molar refractivity (Wildman–Crippen MR) is 88.1 cm³/mol. The average Bonchev–Trinajstić information content (AvgIpc) is 2.51. The van der Waals surface area contributed by atoms with Crippen LogP contribution in [0, 0.1) is 0 Å². The summed E-state index contributed by atoms with van der Waals surface area (Å²) in [5, 5.41) is 1.57. The molecule has 3 aromatic rings. The Morgan fingerprint density at radius 3 is 2.64 bits per heavy atom. The number of rotatable bonds is 3. The Hall–Kier alpha value is -2.04. The SMILES string of the molecule is COc1ccc(Cl)cc1Cn1cnc2ccc(Cl)cc2c1=O. The van der Waals surface area contributed by atoms with Crippen LogP contribution in [0.25, 0.3) is 10.9 Å². The summed E-state index contributed by atoms with van der Waals surface area (Å²) in [7, 11) is 1.58. The van der Waals surface area contributed by atoms with Crippen molar-refractivity contribution in [2.24, 2.45) is 0 Å². The topological polar surface area (TPSA) is 44.1 Å². The molecule has 3 rings (SSSR count). The Kier molecular flexibility index (Phi) is 4.05. The molecule has 0 N–H and O–H groups in total. The van der Waals surface area contributed by atoms with Crippen LogP contribution < -0.4 is 10.3 Å². The van der Waals surface area contributed by atoms with E-state index >= 15 is 0 Å². The van der Waals surface area contributed by atoms with Crippen molar-refractivity contribution in [2.45, 2.75) is 6.54 Å². The molecule has 0 aliphatic carbocycles. The van der Waals surface area contributed by atoms with Gasteiger partial charge in [-0.25, -0.2) is 4.98 Å². The van der Waals surface area contributed by atoms with Gasteiger partial charge in [0, 0.05) is 15.6 Å². The minimum absolute atomic E-state index is 0.158. The van der Waals surface area contributed by atoms with Crippen molar-refractivity contribution < 1.29 is 4.74 Å². The van der Waals surface area contributed by atoms with E-state index in [2.05, 4.69) is 4.98 Å². The highest BCUT2D eigenvalue weighted by Gasteiger charge is 2.09. The van der Waals surface area contributed by atoms with Gasteiger partial charge in [0.1, 0.15) is 5.75 Å². The molecule has 0 saturated heterocycles. The molecule has 0 unspecified atom stereocenters. The van der Waals surface area contributed by atoms with Crippen LogP contribution in [0.4, 0.5) is 0 Å². The molecule has 0 atom stereocenters. The van der Waals surface area contributed by atoms with Crippen LogP contribution in [0.2, 0.25) is 10.0 Å². The fraction of sp³-hybridized carbons (Fsp3) is 0.125. The summed E-state index contributed by atoms with van der Waals surface area (Å²) in [5.74, 6) is 0.669. The normalized spacial score (nSPS) is 10.9. The summed E-state index contributed by atoms with van der Waals surface area (Å²) >= 11 is 12.0. The second-order valence-corrected chi connectivity index (χ2v) is 5.67. The second kappa shape index (κ2) is 5.99. The number of fused-ring (bicyclic) bond motifs is 1. The van der Waals surface area contributed by atoms with Crippen LogP contribution in [-0.4, -0.2) is 16.7 Å². The lowest BCUT2D eigenvalue weighted by Gasteiger charge is -2.11. The number of aromatic nitrogens is 2. The van der Waals surface area contributed by atoms with Crippen LogP contribution in [-0.2, 0) is 6.54 Å². The van der Waals surface area contributed by atoms with Gasteiger partial charge in [0.05, 0.1) is 30.9 Å². The van der Waals surface area contributed by atoms with E-state index in [0.29, 0.717) is 33.2 Å². The van der Waals surface area contributed by atoms with Gasteiger partial charge in [-0.15, -0.1) is 0 Å². The van der Waals surface area contributed by atoms with Gasteiger partial charge in [-0.05, 0) is 36.4 Å². The number of halogens is 2. The van der Waals surface area contributed by atoms with E-state index in [9.17, 15) is 4.79 Å². The Labute approximate surface area is 136 Å². The zero-order chi connectivity index (χ0) is 15.7. The highest BCUT2D eigenvalue weighted by Crippen LogP contribution is 2.23. The third-order valence-corrected chi connectivity index (χ3v) is 3.84. The molecule has 2 aromatic carbocycles. The van der Waals surface area contributed by atoms with E-state index in [1.165, 1.54) is 10.9 Å². The lowest BCUT2D eigenvalue weighted by Crippen LogP contribution is -2.21. The van der Waals surface area contributed by atoms with Crippen molar-refractivity contribution in [3.8, 4) is 5.75 Å². The van der Waals surface area contributed by atoms with Crippen molar-refractivity contribution >= 4 is 34.1 Å². The molecule has 112 valence electrons. The lowest BCUT2D eigenvalue weighted by molar-refractivity contribution is 0.408. The van der Waals surface area contributed by atoms with Crippen molar-refractivity contribution in [1.29, 1.82) is 0 Å². The first-order chi connectivity index (χ1) is 10.6. The van der Waals surface area contributed by atoms with Crippen LogP contribution in [0.3, 0.4) is 0 Å². The van der Waals surface area contributed by atoms with Crippen molar-refractivity contribution in [3.05, 3.63) is 68.7 Å². The highest BCUT2D eigenvalue weighted by atomic mass is 35.5. The van der Waals surface area contributed by atoms with Crippen molar-refractivity contribution in [1.82, 2.24) is 9.55 Å². The molecule has 22 heavy (non-hydrogen) atoms. The first-order valence-electron chi connectivity index (χ1n) is 6.55. The minimum atomic E-state index is -0.158. The Balaban J connectivity index is 2.10. The summed E-state index contributed by atoms with van der Waals surface area (Å²) in [5.41, 5.74) is 1.26. The van der Waals surface area contributed by atoms with Crippen molar-refractivity contribution in [3.63, 3.8) is 0 Å². The van der Waals surface area contributed by atoms with Gasteiger partial charge in [0.2, 0.25) is 0 Å².